The maximum atomic E-state index is 7.33. The molecule has 0 amide bonds. The van der Waals surface area contributed by atoms with E-state index < -0.39 is 9.05 Å². The third kappa shape index (κ3) is 67.2. The summed E-state index contributed by atoms with van der Waals surface area (Å²) < 4.78 is 0. The predicted molar refractivity (Wildman–Crippen MR) is 33.7 cm³/mol. The predicted octanol–water partition coefficient (Wildman–Crippen LogP) is -6.83. The van der Waals surface area contributed by atoms with E-state index in [1.807, 2.05) is 0 Å². The van der Waals surface area contributed by atoms with Crippen molar-refractivity contribution in [1.82, 2.24) is 0 Å². The van der Waals surface area contributed by atoms with E-state index in [1.54, 1.807) is 0 Å². The Kier molecular flexibility index (Phi) is 27.6. The monoisotopic (exact) mass is 192 g/mol. The van der Waals surface area contributed by atoms with Gasteiger partial charge >= 0.3 is 76.3 Å². The Morgan fingerprint density at radius 2 is 1.00 bits per heavy atom. The zero-order chi connectivity index (χ0) is 4.50. The van der Waals surface area contributed by atoms with E-state index in [0.29, 0.717) is 0 Å². The Hall–Kier alpha value is 2.85. The van der Waals surface area contributed by atoms with Crippen molar-refractivity contribution in [3.8, 4) is 0 Å². The minimum absolute atomic E-state index is 0. The van der Waals surface area contributed by atoms with Gasteiger partial charge in [-0.25, -0.2) is 0 Å². The van der Waals surface area contributed by atoms with Crippen molar-refractivity contribution in [2.75, 3.05) is 0 Å². The Bertz CT molecular complexity index is 40.8. The Morgan fingerprint density at radius 3 is 1.00 bits per heavy atom. The average molecular weight is 192 g/mol. The van der Waals surface area contributed by atoms with Crippen LogP contribution in [0.5, 0.6) is 0 Å². The number of hydrogen-bond acceptors (Lipinski definition) is 4. The Balaban J connectivity index is -0.00000000533. The maximum absolute atomic E-state index is 7.33. The molecule has 0 spiro atoms. The molecule has 0 fully saturated rings. The van der Waals surface area contributed by atoms with Gasteiger partial charge in [0.2, 0.25) is 0 Å². The van der Waals surface area contributed by atoms with Crippen LogP contribution in [-0.2, 0) is 0 Å². The zero-order valence-electron chi connectivity index (χ0n) is 7.00. The van der Waals surface area contributed by atoms with E-state index in [2.05, 4.69) is 0 Å². The molecule has 8 heavy (non-hydrogen) atoms. The molecule has 0 aliphatic rings. The molecular formula is H10AlCaNaO4Si. The van der Waals surface area contributed by atoms with Gasteiger partial charge in [0.25, 0.3) is 0 Å². The van der Waals surface area contributed by atoms with Crippen LogP contribution in [0.1, 0.15) is 4.28 Å². The van der Waals surface area contributed by atoms with Gasteiger partial charge in [-0.3, -0.25) is 0 Å². The molecule has 0 rings (SSSR count). The van der Waals surface area contributed by atoms with Gasteiger partial charge in [-0.15, -0.1) is 0 Å². The molecule has 0 aromatic carbocycles. The van der Waals surface area contributed by atoms with Crippen molar-refractivity contribution in [2.45, 2.75) is 0 Å². The van der Waals surface area contributed by atoms with Crippen LogP contribution < -0.4 is 29.6 Å². The second-order valence-corrected chi connectivity index (χ2v) is 1.80. The van der Waals surface area contributed by atoms with Crippen molar-refractivity contribution in [1.29, 1.82) is 0 Å². The van der Waals surface area contributed by atoms with Crippen LogP contribution in [0.25, 0.3) is 0 Å². The van der Waals surface area contributed by atoms with Crippen LogP contribution >= 0.6 is 0 Å². The molecule has 4 N–H and O–H groups in total. The second-order valence-electron chi connectivity index (χ2n) is 0.600. The number of rotatable bonds is 0. The normalized spacial score (nSPS) is 7.50. The summed E-state index contributed by atoms with van der Waals surface area (Å²) in [6.07, 6.45) is 0. The summed E-state index contributed by atoms with van der Waals surface area (Å²) in [5.41, 5.74) is 0. The molecule has 0 aromatic heterocycles. The van der Waals surface area contributed by atoms with E-state index in [4.69, 9.17) is 19.2 Å². The zero-order valence-corrected chi connectivity index (χ0v) is 9.20. The van der Waals surface area contributed by atoms with Crippen LogP contribution in [0, 0.1) is 0 Å². The first kappa shape index (κ1) is 22.4. The van der Waals surface area contributed by atoms with Gasteiger partial charge in [-0.05, 0) is 0 Å². The van der Waals surface area contributed by atoms with Crippen LogP contribution in [0.4, 0.5) is 0 Å². The van der Waals surface area contributed by atoms with Gasteiger partial charge < -0.3 is 23.5 Å². The molecule has 0 bridgehead atoms. The fraction of sp³-hybridized carbons (Fsp3) is 0. The molecular weight excluding hydrogens is 182 g/mol. The van der Waals surface area contributed by atoms with E-state index in [0.717, 1.165) is 0 Å². The standard InChI is InChI=1S/Al.Ca.Na.H4O4Si.6H/c;;;1-5(2,3)4;;;;;;/h;;;1-4H;;;;;;/q;+2;+1;;;;;3*-1. The first-order valence-electron chi connectivity index (χ1n) is 0.894. The molecule has 4 nitrogen and oxygen atoms in total. The first-order valence-corrected chi connectivity index (χ1v) is 2.68. The molecule has 0 aliphatic carbocycles. The quantitative estimate of drug-likeness (QED) is 0.288. The molecule has 0 heterocycles. The summed E-state index contributed by atoms with van der Waals surface area (Å²) in [4.78, 5) is 29.3. The topological polar surface area (TPSA) is 80.9 Å². The smallest absolute Gasteiger partial charge is 1.00 e. The van der Waals surface area contributed by atoms with Gasteiger partial charge in [0.15, 0.2) is 17.4 Å². The first-order chi connectivity index (χ1) is 2.00. The van der Waals surface area contributed by atoms with Crippen molar-refractivity contribution in [3.05, 3.63) is 0 Å². The molecule has 0 radical (unpaired) electrons. The molecule has 0 aromatic rings. The Morgan fingerprint density at radius 1 is 1.00 bits per heavy atom. The third-order valence-corrected chi connectivity index (χ3v) is 0. The van der Waals surface area contributed by atoms with E-state index in [9.17, 15) is 0 Å². The fourth-order valence-corrected chi connectivity index (χ4v) is 0. The second kappa shape index (κ2) is 9.85. The molecule has 0 saturated heterocycles. The van der Waals surface area contributed by atoms with Crippen LogP contribution in [-0.4, -0.2) is 83.3 Å². The van der Waals surface area contributed by atoms with E-state index >= 15 is 0 Å². The van der Waals surface area contributed by atoms with Gasteiger partial charge in [0, 0.05) is 0 Å². The van der Waals surface area contributed by atoms with Gasteiger partial charge in [-0.2, -0.15) is 0 Å². The summed E-state index contributed by atoms with van der Waals surface area (Å²) in [5, 5.41) is 0. The SMILES string of the molecule is O[Si](O)(O)O.[AlH3].[Ca+2].[H-].[H-].[H-].[Na+]. The average Bonchev–Trinajstić information content (AvgIpc) is 0.722. The van der Waals surface area contributed by atoms with Gasteiger partial charge in [0.05, 0.1) is 0 Å². The minimum Gasteiger partial charge on any atom is -1.00 e. The van der Waals surface area contributed by atoms with Crippen LogP contribution in [0.15, 0.2) is 0 Å². The molecule has 0 unspecified atom stereocenters. The van der Waals surface area contributed by atoms with Crippen molar-refractivity contribution in [2.24, 2.45) is 0 Å². The van der Waals surface area contributed by atoms with Crippen LogP contribution in [0.2, 0.25) is 0 Å². The van der Waals surface area contributed by atoms with Gasteiger partial charge in [0.1, 0.15) is 0 Å². The summed E-state index contributed by atoms with van der Waals surface area (Å²) >= 11 is 0. The largest absolute Gasteiger partial charge is 2.00 e. The fourth-order valence-electron chi connectivity index (χ4n) is 0. The van der Waals surface area contributed by atoms with E-state index in [1.165, 1.54) is 0 Å². The van der Waals surface area contributed by atoms with E-state index in [-0.39, 0.29) is 88.9 Å². The summed E-state index contributed by atoms with van der Waals surface area (Å²) in [6.45, 7) is 0. The maximum Gasteiger partial charge on any atom is 2.00 e. The van der Waals surface area contributed by atoms with Crippen LogP contribution in [0.3, 0.4) is 0 Å². The Labute approximate surface area is 115 Å². The molecule has 0 atom stereocenters. The third-order valence-electron chi connectivity index (χ3n) is 0. The van der Waals surface area contributed by atoms with Crippen molar-refractivity contribution >= 4 is 64.1 Å². The summed E-state index contributed by atoms with van der Waals surface area (Å²) in [5.74, 6) is 0. The molecule has 0 aliphatic heterocycles. The minimum atomic E-state index is -4.61. The summed E-state index contributed by atoms with van der Waals surface area (Å²) in [6, 6.07) is 0. The molecule has 8 heteroatoms. The van der Waals surface area contributed by atoms with Crippen molar-refractivity contribution in [3.63, 3.8) is 0 Å². The van der Waals surface area contributed by atoms with Crippen molar-refractivity contribution < 1.29 is 53.0 Å². The number of hydrogen-bond donors (Lipinski definition) is 4. The summed E-state index contributed by atoms with van der Waals surface area (Å²) in [7, 11) is -4.61. The molecule has 0 saturated carbocycles. The van der Waals surface area contributed by atoms with Gasteiger partial charge in [-0.1, -0.05) is 0 Å². The molecule has 44 valence electrons.